The van der Waals surface area contributed by atoms with E-state index < -0.39 is 0 Å². The number of imide groups is 1. The summed E-state index contributed by atoms with van der Waals surface area (Å²) in [5, 5.41) is 1.75. The Balaban J connectivity index is 1.44. The van der Waals surface area contributed by atoms with E-state index in [-0.39, 0.29) is 17.9 Å². The summed E-state index contributed by atoms with van der Waals surface area (Å²) in [6.07, 6.45) is 1.59. The molecule has 0 aromatic heterocycles. The SMILES string of the molecule is O=C1c2cccc3cccc(c23)C(=O)N1C1CCN(c2ccccc2)CC1. The summed E-state index contributed by atoms with van der Waals surface area (Å²) in [4.78, 5) is 30.1. The first kappa shape index (κ1) is 16.1. The third-order valence-corrected chi connectivity index (χ3v) is 5.75. The third-order valence-electron chi connectivity index (χ3n) is 5.75. The molecular formula is C23H20N2O2. The molecule has 0 N–H and O–H groups in total. The summed E-state index contributed by atoms with van der Waals surface area (Å²) in [7, 11) is 0. The lowest BCUT2D eigenvalue weighted by molar-refractivity contribution is 0.0515. The largest absolute Gasteiger partial charge is 0.371 e. The zero-order chi connectivity index (χ0) is 18.4. The van der Waals surface area contributed by atoms with Crippen LogP contribution in [0.3, 0.4) is 0 Å². The predicted molar refractivity (Wildman–Crippen MR) is 106 cm³/mol. The number of carbonyl (C=O) groups excluding carboxylic acids is 2. The van der Waals surface area contributed by atoms with Crippen LogP contribution in [0.4, 0.5) is 5.69 Å². The Hall–Kier alpha value is -3.14. The highest BCUT2D eigenvalue weighted by Gasteiger charge is 2.38. The first-order valence-corrected chi connectivity index (χ1v) is 9.43. The molecule has 0 aliphatic carbocycles. The summed E-state index contributed by atoms with van der Waals surface area (Å²) in [5.74, 6) is -0.301. The van der Waals surface area contributed by atoms with Gasteiger partial charge in [0, 0.05) is 41.3 Å². The summed E-state index contributed by atoms with van der Waals surface area (Å²) in [6, 6.07) is 21.6. The van der Waals surface area contributed by atoms with E-state index in [4.69, 9.17) is 0 Å². The van der Waals surface area contributed by atoms with Gasteiger partial charge in [-0.3, -0.25) is 14.5 Å². The van der Waals surface area contributed by atoms with Gasteiger partial charge in [-0.2, -0.15) is 0 Å². The quantitative estimate of drug-likeness (QED) is 0.649. The van der Waals surface area contributed by atoms with Gasteiger partial charge in [0.05, 0.1) is 0 Å². The number of carbonyl (C=O) groups is 2. The minimum absolute atomic E-state index is 0.0476. The van der Waals surface area contributed by atoms with E-state index in [2.05, 4.69) is 17.0 Å². The highest BCUT2D eigenvalue weighted by molar-refractivity contribution is 6.25. The van der Waals surface area contributed by atoms with Gasteiger partial charge in [-0.15, -0.1) is 0 Å². The van der Waals surface area contributed by atoms with E-state index >= 15 is 0 Å². The molecule has 0 bridgehead atoms. The van der Waals surface area contributed by atoms with E-state index in [9.17, 15) is 9.59 Å². The number of benzene rings is 3. The first-order valence-electron chi connectivity index (χ1n) is 9.43. The summed E-state index contributed by atoms with van der Waals surface area (Å²) in [5.41, 5.74) is 2.49. The molecule has 0 saturated carbocycles. The van der Waals surface area contributed by atoms with Crippen LogP contribution in [0.1, 0.15) is 33.6 Å². The fourth-order valence-corrected chi connectivity index (χ4v) is 4.40. The Kier molecular flexibility index (Phi) is 3.71. The lowest BCUT2D eigenvalue weighted by Gasteiger charge is -2.40. The Labute approximate surface area is 158 Å². The Morgan fingerprint density at radius 1 is 0.704 bits per heavy atom. The molecule has 3 aromatic rings. The fourth-order valence-electron chi connectivity index (χ4n) is 4.40. The number of rotatable bonds is 2. The maximum absolute atomic E-state index is 13.2. The number of nitrogens with zero attached hydrogens (tertiary/aromatic N) is 2. The van der Waals surface area contributed by atoms with Crippen LogP contribution in [0.25, 0.3) is 10.8 Å². The van der Waals surface area contributed by atoms with Crippen molar-refractivity contribution in [1.82, 2.24) is 4.90 Å². The van der Waals surface area contributed by atoms with E-state index in [1.165, 1.54) is 10.6 Å². The van der Waals surface area contributed by atoms with Crippen LogP contribution in [-0.2, 0) is 0 Å². The summed E-state index contributed by atoms with van der Waals surface area (Å²) < 4.78 is 0. The molecule has 4 heteroatoms. The molecule has 1 fully saturated rings. The van der Waals surface area contributed by atoms with Gasteiger partial charge < -0.3 is 4.90 Å². The highest BCUT2D eigenvalue weighted by Crippen LogP contribution is 2.33. The molecule has 3 aromatic carbocycles. The topological polar surface area (TPSA) is 40.6 Å². The molecule has 0 unspecified atom stereocenters. The normalized spacial score (nSPS) is 17.6. The molecule has 0 radical (unpaired) electrons. The van der Waals surface area contributed by atoms with Gasteiger partial charge in [0.2, 0.25) is 0 Å². The number of anilines is 1. The molecule has 5 rings (SSSR count). The minimum Gasteiger partial charge on any atom is -0.371 e. The van der Waals surface area contributed by atoms with E-state index in [1.807, 2.05) is 54.6 Å². The van der Waals surface area contributed by atoms with E-state index in [0.29, 0.717) is 11.1 Å². The maximum Gasteiger partial charge on any atom is 0.261 e. The van der Waals surface area contributed by atoms with Gasteiger partial charge in [0.15, 0.2) is 0 Å². The predicted octanol–water partition coefficient (Wildman–Crippen LogP) is 4.10. The van der Waals surface area contributed by atoms with Crippen molar-refractivity contribution in [2.24, 2.45) is 0 Å². The number of para-hydroxylation sites is 1. The molecule has 2 aliphatic rings. The van der Waals surface area contributed by atoms with Gasteiger partial charge >= 0.3 is 0 Å². The number of hydrogen-bond donors (Lipinski definition) is 0. The van der Waals surface area contributed by atoms with Crippen molar-refractivity contribution in [3.63, 3.8) is 0 Å². The van der Waals surface area contributed by atoms with E-state index in [1.54, 1.807) is 0 Å². The van der Waals surface area contributed by atoms with Crippen LogP contribution in [0.2, 0.25) is 0 Å². The average Bonchev–Trinajstić information content (AvgIpc) is 2.73. The lowest BCUT2D eigenvalue weighted by Crippen LogP contribution is -2.51. The lowest BCUT2D eigenvalue weighted by atomic mass is 9.91. The fraction of sp³-hybridized carbons (Fsp3) is 0.217. The van der Waals surface area contributed by atoms with Crippen molar-refractivity contribution in [3.8, 4) is 0 Å². The zero-order valence-electron chi connectivity index (χ0n) is 15.0. The third kappa shape index (κ3) is 2.52. The molecule has 4 nitrogen and oxygen atoms in total. The van der Waals surface area contributed by atoms with Crippen molar-refractivity contribution in [3.05, 3.63) is 77.9 Å². The van der Waals surface area contributed by atoms with E-state index in [0.717, 1.165) is 36.7 Å². The molecule has 2 heterocycles. The number of piperidine rings is 1. The second-order valence-electron chi connectivity index (χ2n) is 7.24. The van der Waals surface area contributed by atoms with Crippen molar-refractivity contribution in [2.45, 2.75) is 18.9 Å². The Morgan fingerprint density at radius 3 is 1.89 bits per heavy atom. The van der Waals surface area contributed by atoms with Crippen LogP contribution in [0.15, 0.2) is 66.7 Å². The molecule has 134 valence electrons. The Bertz CT molecular complexity index is 986. The molecule has 0 atom stereocenters. The van der Waals surface area contributed by atoms with Gasteiger partial charge in [0.1, 0.15) is 0 Å². The smallest absolute Gasteiger partial charge is 0.261 e. The van der Waals surface area contributed by atoms with Crippen molar-refractivity contribution < 1.29 is 9.59 Å². The number of hydrogen-bond acceptors (Lipinski definition) is 3. The second kappa shape index (κ2) is 6.23. The maximum atomic E-state index is 13.2. The molecule has 0 spiro atoms. The summed E-state index contributed by atoms with van der Waals surface area (Å²) in [6.45, 7) is 1.69. The van der Waals surface area contributed by atoms with Gasteiger partial charge in [-0.25, -0.2) is 0 Å². The van der Waals surface area contributed by atoms with Crippen molar-refractivity contribution in [1.29, 1.82) is 0 Å². The molecule has 2 amide bonds. The van der Waals surface area contributed by atoms with Crippen LogP contribution in [-0.4, -0.2) is 35.8 Å². The van der Waals surface area contributed by atoms with Crippen molar-refractivity contribution >= 4 is 28.3 Å². The van der Waals surface area contributed by atoms with Gasteiger partial charge in [-0.05, 0) is 42.5 Å². The minimum atomic E-state index is -0.150. The second-order valence-corrected chi connectivity index (χ2v) is 7.24. The van der Waals surface area contributed by atoms with Crippen LogP contribution in [0.5, 0.6) is 0 Å². The standard InChI is InChI=1S/C23H20N2O2/c26-22-19-10-4-6-16-7-5-11-20(21(16)19)23(27)25(22)18-12-14-24(15-13-18)17-8-2-1-3-9-17/h1-11,18H,12-15H2. The molecular weight excluding hydrogens is 336 g/mol. The van der Waals surface area contributed by atoms with Crippen LogP contribution < -0.4 is 4.90 Å². The van der Waals surface area contributed by atoms with Gasteiger partial charge in [-0.1, -0.05) is 42.5 Å². The molecule has 2 aliphatic heterocycles. The first-order chi connectivity index (χ1) is 13.2. The average molecular weight is 356 g/mol. The highest BCUT2D eigenvalue weighted by atomic mass is 16.2. The Morgan fingerprint density at radius 2 is 1.30 bits per heavy atom. The van der Waals surface area contributed by atoms with Gasteiger partial charge in [0.25, 0.3) is 11.8 Å². The number of amides is 2. The van der Waals surface area contributed by atoms with Crippen LogP contribution >= 0.6 is 0 Å². The summed E-state index contributed by atoms with van der Waals surface area (Å²) >= 11 is 0. The molecule has 27 heavy (non-hydrogen) atoms. The zero-order valence-corrected chi connectivity index (χ0v) is 15.0. The van der Waals surface area contributed by atoms with Crippen molar-refractivity contribution in [2.75, 3.05) is 18.0 Å². The monoisotopic (exact) mass is 356 g/mol. The van der Waals surface area contributed by atoms with Crippen LogP contribution in [0, 0.1) is 0 Å². The molecule has 1 saturated heterocycles.